The van der Waals surface area contributed by atoms with Gasteiger partial charge in [0, 0.05) is 36.7 Å². The second-order valence-electron chi connectivity index (χ2n) is 12.6. The third kappa shape index (κ3) is 3.14. The number of aromatic nitrogens is 1. The molecule has 1 aromatic heterocycles. The molecule has 5 fully saturated rings. The molecule has 1 aromatic rings. The van der Waals surface area contributed by atoms with Crippen LogP contribution in [0.2, 0.25) is 0 Å². The van der Waals surface area contributed by atoms with E-state index in [2.05, 4.69) is 40.4 Å². The Balaban J connectivity index is 1.35. The van der Waals surface area contributed by atoms with Gasteiger partial charge in [-0.15, -0.1) is 0 Å². The van der Waals surface area contributed by atoms with E-state index in [1.54, 1.807) is 19.2 Å². The quantitative estimate of drug-likeness (QED) is 0.582. The summed E-state index contributed by atoms with van der Waals surface area (Å²) in [7, 11) is 1.76. The van der Waals surface area contributed by atoms with Crippen molar-refractivity contribution in [1.29, 1.82) is 0 Å². The number of allylic oxidation sites excluding steroid dienone is 4. The number of likely N-dealkylation sites (tertiary alicyclic amines) is 2. The van der Waals surface area contributed by atoms with Gasteiger partial charge in [0.2, 0.25) is 5.56 Å². The average Bonchev–Trinajstić information content (AvgIpc) is 3.59. The largest absolute Gasteiger partial charge is 0.501 e. The zero-order valence-corrected chi connectivity index (χ0v) is 22.2. The minimum absolute atomic E-state index is 0.0161. The molecular weight excluding hydrogens is 462 g/mol. The fraction of sp³-hybridized carbons (Fsp3) is 0.613. The van der Waals surface area contributed by atoms with E-state index in [4.69, 9.17) is 4.74 Å². The minimum atomic E-state index is -0.217. The van der Waals surface area contributed by atoms with Crippen molar-refractivity contribution in [3.63, 3.8) is 0 Å². The van der Waals surface area contributed by atoms with Crippen LogP contribution in [0.4, 0.5) is 0 Å². The number of pyridine rings is 1. The Bertz CT molecular complexity index is 1270. The molecule has 3 saturated carbocycles. The highest BCUT2D eigenvalue weighted by molar-refractivity contribution is 5.92. The second-order valence-corrected chi connectivity index (χ2v) is 12.6. The standard InChI is InChI=1S/C31H39N3O3/c1-4-21-15-26-30-11-10-25-28(22(16-30)18-34(25)29(36)24-6-5-7-27(35)32-24)31(30,23(21)14-19(2)37-3)12-13-33(26)17-20-8-9-20/h4-7,14,20,22,25-26,28H,1,8-13,15-18H2,2-3H3,(H,32,35)/b19-14+/t22-,25?,26?,28?,30?,31?/m1/s1. The van der Waals surface area contributed by atoms with Crippen LogP contribution in [0.1, 0.15) is 62.4 Å². The van der Waals surface area contributed by atoms with Gasteiger partial charge in [0.25, 0.3) is 5.91 Å². The number of hydrogen-bond donors (Lipinski definition) is 1. The number of piperidine rings is 1. The summed E-state index contributed by atoms with van der Waals surface area (Å²) in [6, 6.07) is 5.69. The van der Waals surface area contributed by atoms with E-state index in [0.717, 1.165) is 44.0 Å². The van der Waals surface area contributed by atoms with E-state index >= 15 is 0 Å². The summed E-state index contributed by atoms with van der Waals surface area (Å²) < 4.78 is 5.71. The van der Waals surface area contributed by atoms with Crippen molar-refractivity contribution in [2.75, 3.05) is 26.7 Å². The highest BCUT2D eigenvalue weighted by Gasteiger charge is 2.76. The molecule has 0 aromatic carbocycles. The number of H-pyrrole nitrogens is 1. The van der Waals surface area contributed by atoms with Gasteiger partial charge in [0.05, 0.1) is 12.9 Å². The highest BCUT2D eigenvalue weighted by Crippen LogP contribution is 2.78. The SMILES string of the molecule is C=CC1=C(/C=C(\C)OC)C23CCN(CC4CC4)C(C1)C21CCC2C3[C@@H](CN2C(=O)c2cccc(=O)[nH]2)C1. The first-order chi connectivity index (χ1) is 17.9. The van der Waals surface area contributed by atoms with E-state index in [0.29, 0.717) is 23.6 Å². The van der Waals surface area contributed by atoms with Crippen molar-refractivity contribution in [2.45, 2.75) is 64.0 Å². The number of rotatable bonds is 6. The number of aromatic amines is 1. The summed E-state index contributed by atoms with van der Waals surface area (Å²) in [6.45, 7) is 9.55. The molecule has 3 heterocycles. The van der Waals surface area contributed by atoms with Gasteiger partial charge in [0.15, 0.2) is 0 Å². The molecule has 0 spiro atoms. The maximum Gasteiger partial charge on any atom is 0.270 e. The lowest BCUT2D eigenvalue weighted by Gasteiger charge is -2.66. The van der Waals surface area contributed by atoms with Gasteiger partial charge < -0.3 is 14.6 Å². The number of hydrogen-bond acceptors (Lipinski definition) is 4. The Morgan fingerprint density at radius 1 is 1.27 bits per heavy atom. The summed E-state index contributed by atoms with van der Waals surface area (Å²) in [6.07, 6.45) is 12.9. The summed E-state index contributed by atoms with van der Waals surface area (Å²) in [4.78, 5) is 33.5. The molecule has 5 unspecified atom stereocenters. The van der Waals surface area contributed by atoms with E-state index in [-0.39, 0.29) is 28.3 Å². The molecule has 2 saturated heterocycles. The fourth-order valence-corrected chi connectivity index (χ4v) is 9.82. The van der Waals surface area contributed by atoms with Crippen LogP contribution in [0.3, 0.4) is 0 Å². The predicted molar refractivity (Wildman–Crippen MR) is 143 cm³/mol. The van der Waals surface area contributed by atoms with E-state index < -0.39 is 0 Å². The summed E-state index contributed by atoms with van der Waals surface area (Å²) in [5.41, 5.74) is 3.34. The first-order valence-corrected chi connectivity index (χ1v) is 14.2. The van der Waals surface area contributed by atoms with Crippen LogP contribution in [0.15, 0.2) is 58.6 Å². The Labute approximate surface area is 219 Å². The number of nitrogens with one attached hydrogen (secondary N) is 1. The summed E-state index contributed by atoms with van der Waals surface area (Å²) in [5, 5.41) is 0. The molecule has 37 heavy (non-hydrogen) atoms. The van der Waals surface area contributed by atoms with Crippen molar-refractivity contribution in [3.05, 3.63) is 69.9 Å². The zero-order valence-electron chi connectivity index (χ0n) is 22.2. The Morgan fingerprint density at radius 2 is 2.11 bits per heavy atom. The van der Waals surface area contributed by atoms with Crippen molar-refractivity contribution >= 4 is 5.91 Å². The van der Waals surface area contributed by atoms with Crippen LogP contribution < -0.4 is 5.56 Å². The molecule has 7 rings (SSSR count). The number of carbonyl (C=O) groups excluding carboxylic acids is 1. The molecule has 2 aliphatic heterocycles. The lowest BCUT2D eigenvalue weighted by Crippen LogP contribution is -2.67. The van der Waals surface area contributed by atoms with Gasteiger partial charge in [-0.1, -0.05) is 18.7 Å². The van der Waals surface area contributed by atoms with Crippen LogP contribution in [-0.2, 0) is 4.74 Å². The fourth-order valence-electron chi connectivity index (χ4n) is 9.82. The van der Waals surface area contributed by atoms with E-state index in [1.807, 2.05) is 0 Å². The molecule has 0 radical (unpaired) electrons. The molecule has 6 atom stereocenters. The third-order valence-electron chi connectivity index (χ3n) is 11.2. The Morgan fingerprint density at radius 3 is 2.84 bits per heavy atom. The van der Waals surface area contributed by atoms with Crippen LogP contribution in [-0.4, -0.2) is 59.5 Å². The van der Waals surface area contributed by atoms with Gasteiger partial charge >= 0.3 is 0 Å². The van der Waals surface area contributed by atoms with Gasteiger partial charge in [-0.2, -0.15) is 0 Å². The predicted octanol–water partition coefficient (Wildman–Crippen LogP) is 4.52. The van der Waals surface area contributed by atoms with E-state index in [1.165, 1.54) is 49.4 Å². The average molecular weight is 502 g/mol. The maximum atomic E-state index is 13.7. The van der Waals surface area contributed by atoms with Gasteiger partial charge in [-0.05, 0) is 105 Å². The normalized spacial score (nSPS) is 38.5. The lowest BCUT2D eigenvalue weighted by atomic mass is 9.43. The number of ether oxygens (including phenoxy) is 1. The molecule has 6 heteroatoms. The lowest BCUT2D eigenvalue weighted by molar-refractivity contribution is -0.124. The number of methoxy groups -OCH3 is 1. The smallest absolute Gasteiger partial charge is 0.270 e. The molecule has 1 N–H and O–H groups in total. The summed E-state index contributed by atoms with van der Waals surface area (Å²) >= 11 is 0. The van der Waals surface area contributed by atoms with Crippen LogP contribution >= 0.6 is 0 Å². The summed E-state index contributed by atoms with van der Waals surface area (Å²) in [5.74, 6) is 2.75. The van der Waals surface area contributed by atoms with Gasteiger partial charge in [-0.3, -0.25) is 14.5 Å². The highest BCUT2D eigenvalue weighted by atomic mass is 16.5. The molecule has 196 valence electrons. The number of carbonyl (C=O) groups is 1. The number of nitrogens with zero attached hydrogens (tertiary/aromatic N) is 2. The third-order valence-corrected chi connectivity index (χ3v) is 11.2. The Hall–Kier alpha value is -2.60. The minimum Gasteiger partial charge on any atom is -0.501 e. The van der Waals surface area contributed by atoms with Crippen molar-refractivity contribution in [2.24, 2.45) is 28.6 Å². The van der Waals surface area contributed by atoms with Crippen LogP contribution in [0.5, 0.6) is 0 Å². The van der Waals surface area contributed by atoms with Gasteiger partial charge in [0.1, 0.15) is 5.69 Å². The molecule has 6 nitrogen and oxygen atoms in total. The molecule has 4 bridgehead atoms. The molecule has 4 aliphatic carbocycles. The van der Waals surface area contributed by atoms with Crippen LogP contribution in [0.25, 0.3) is 0 Å². The first-order valence-electron chi connectivity index (χ1n) is 14.2. The molecule has 1 amide bonds. The monoisotopic (exact) mass is 501 g/mol. The topological polar surface area (TPSA) is 65.6 Å². The van der Waals surface area contributed by atoms with Gasteiger partial charge in [-0.25, -0.2) is 0 Å². The zero-order chi connectivity index (χ0) is 25.5. The maximum absolute atomic E-state index is 13.7. The Kier molecular flexibility index (Phi) is 5.21. The van der Waals surface area contributed by atoms with Crippen molar-refractivity contribution < 1.29 is 9.53 Å². The first kappa shape index (κ1) is 23.5. The second kappa shape index (κ2) is 8.20. The molecular formula is C31H39N3O3. The molecule has 6 aliphatic rings. The number of amides is 1. The van der Waals surface area contributed by atoms with Crippen molar-refractivity contribution in [3.8, 4) is 0 Å². The van der Waals surface area contributed by atoms with Crippen LogP contribution in [0, 0.1) is 28.6 Å². The van der Waals surface area contributed by atoms with E-state index in [9.17, 15) is 9.59 Å². The van der Waals surface area contributed by atoms with Crippen molar-refractivity contribution in [1.82, 2.24) is 14.8 Å².